The molecule has 1 heterocycles. The third kappa shape index (κ3) is 3.41. The van der Waals surface area contributed by atoms with Gasteiger partial charge in [0.25, 0.3) is 0 Å². The first-order valence-electron chi connectivity index (χ1n) is 6.06. The molecule has 0 fully saturated rings. The lowest BCUT2D eigenvalue weighted by molar-refractivity contribution is 0.574. The van der Waals surface area contributed by atoms with Gasteiger partial charge >= 0.3 is 0 Å². The van der Waals surface area contributed by atoms with Gasteiger partial charge < -0.3 is 5.32 Å². The maximum absolute atomic E-state index is 13.6. The highest BCUT2D eigenvalue weighted by molar-refractivity contribution is 9.10. The third-order valence-corrected chi connectivity index (χ3v) is 4.88. The Labute approximate surface area is 125 Å². The van der Waals surface area contributed by atoms with E-state index in [1.54, 1.807) is 23.5 Å². The van der Waals surface area contributed by atoms with Gasteiger partial charge in [-0.05, 0) is 54.5 Å². The lowest BCUT2D eigenvalue weighted by Crippen LogP contribution is -2.19. The normalized spacial score (nSPS) is 12.7. The Morgan fingerprint density at radius 3 is 2.68 bits per heavy atom. The van der Waals surface area contributed by atoms with Crippen LogP contribution in [0.1, 0.15) is 27.2 Å². The number of rotatable bonds is 4. The molecule has 1 N–H and O–H groups in total. The van der Waals surface area contributed by atoms with Crippen LogP contribution < -0.4 is 5.32 Å². The summed E-state index contributed by atoms with van der Waals surface area (Å²) in [6, 6.07) is 5.32. The van der Waals surface area contributed by atoms with Crippen LogP contribution >= 0.6 is 27.3 Å². The van der Waals surface area contributed by atoms with Crippen LogP contribution in [0, 0.1) is 19.7 Å². The first-order chi connectivity index (χ1) is 9.01. The molecule has 0 saturated heterocycles. The molecular weight excluding hydrogens is 327 g/mol. The summed E-state index contributed by atoms with van der Waals surface area (Å²) in [5.74, 6) is -0.232. The zero-order chi connectivity index (χ0) is 14.0. The van der Waals surface area contributed by atoms with E-state index in [0.717, 1.165) is 22.7 Å². The van der Waals surface area contributed by atoms with Crippen LogP contribution in [0.15, 0.2) is 22.7 Å². The molecule has 2 nitrogen and oxygen atoms in total. The van der Waals surface area contributed by atoms with Gasteiger partial charge in [0.2, 0.25) is 0 Å². The van der Waals surface area contributed by atoms with Gasteiger partial charge in [-0.15, -0.1) is 11.3 Å². The molecule has 0 bridgehead atoms. The number of aryl methyl sites for hydroxylation is 2. The van der Waals surface area contributed by atoms with Crippen molar-refractivity contribution in [3.05, 3.63) is 49.6 Å². The van der Waals surface area contributed by atoms with Gasteiger partial charge in [-0.1, -0.05) is 6.07 Å². The average Bonchev–Trinajstić information content (AvgIpc) is 2.69. The second-order valence-electron chi connectivity index (χ2n) is 4.47. The quantitative estimate of drug-likeness (QED) is 0.902. The highest BCUT2D eigenvalue weighted by Crippen LogP contribution is 2.25. The Balaban J connectivity index is 2.22. The van der Waals surface area contributed by atoms with Gasteiger partial charge in [0.1, 0.15) is 5.82 Å². The monoisotopic (exact) mass is 342 g/mol. The van der Waals surface area contributed by atoms with Crippen LogP contribution in [0.25, 0.3) is 0 Å². The van der Waals surface area contributed by atoms with E-state index in [9.17, 15) is 4.39 Å². The topological polar surface area (TPSA) is 24.9 Å². The number of benzene rings is 1. The van der Waals surface area contributed by atoms with Crippen LogP contribution in [0.5, 0.6) is 0 Å². The lowest BCUT2D eigenvalue weighted by Gasteiger charge is -2.15. The fourth-order valence-electron chi connectivity index (χ4n) is 1.92. The summed E-state index contributed by atoms with van der Waals surface area (Å²) < 4.78 is 14.1. The molecule has 0 aliphatic rings. The van der Waals surface area contributed by atoms with Crippen LogP contribution in [0.2, 0.25) is 0 Å². The van der Waals surface area contributed by atoms with Crippen molar-refractivity contribution in [2.24, 2.45) is 0 Å². The van der Waals surface area contributed by atoms with Crippen molar-refractivity contribution in [1.29, 1.82) is 0 Å². The molecule has 0 radical (unpaired) electrons. The molecule has 19 heavy (non-hydrogen) atoms. The molecule has 1 atom stereocenters. The van der Waals surface area contributed by atoms with E-state index in [4.69, 9.17) is 0 Å². The van der Waals surface area contributed by atoms with E-state index >= 15 is 0 Å². The van der Waals surface area contributed by atoms with Gasteiger partial charge in [0.05, 0.1) is 15.2 Å². The Morgan fingerprint density at radius 1 is 1.42 bits per heavy atom. The second-order valence-corrected chi connectivity index (χ2v) is 6.61. The molecule has 0 saturated carbocycles. The van der Waals surface area contributed by atoms with Crippen molar-refractivity contribution in [3.8, 4) is 0 Å². The number of nitrogens with one attached hydrogen (secondary N) is 1. The molecule has 2 rings (SSSR count). The van der Waals surface area contributed by atoms with Crippen molar-refractivity contribution in [3.63, 3.8) is 0 Å². The SMILES string of the molecule is CNC(Cc1nc(C)c(C)s1)c1ccc(Br)c(F)c1. The van der Waals surface area contributed by atoms with E-state index in [0.29, 0.717) is 4.47 Å². The van der Waals surface area contributed by atoms with Gasteiger partial charge in [-0.3, -0.25) is 0 Å². The molecule has 0 aliphatic carbocycles. The molecular formula is C14H16BrFN2S. The molecule has 1 unspecified atom stereocenters. The Hall–Kier alpha value is -0.780. The minimum atomic E-state index is -0.232. The fraction of sp³-hybridized carbons (Fsp3) is 0.357. The number of hydrogen-bond acceptors (Lipinski definition) is 3. The van der Waals surface area contributed by atoms with Crippen molar-refractivity contribution >= 4 is 27.3 Å². The summed E-state index contributed by atoms with van der Waals surface area (Å²) in [6.07, 6.45) is 0.775. The zero-order valence-electron chi connectivity index (χ0n) is 11.1. The van der Waals surface area contributed by atoms with E-state index in [-0.39, 0.29) is 11.9 Å². The second kappa shape index (κ2) is 6.11. The highest BCUT2D eigenvalue weighted by atomic mass is 79.9. The number of likely N-dealkylation sites (N-methyl/N-ethyl adjacent to an activating group) is 1. The summed E-state index contributed by atoms with van der Waals surface area (Å²) in [6.45, 7) is 4.09. The molecule has 0 spiro atoms. The van der Waals surface area contributed by atoms with Crippen LogP contribution in [-0.4, -0.2) is 12.0 Å². The molecule has 0 amide bonds. The van der Waals surface area contributed by atoms with E-state index in [2.05, 4.69) is 33.2 Å². The van der Waals surface area contributed by atoms with Crippen LogP contribution in [0.3, 0.4) is 0 Å². The third-order valence-electron chi connectivity index (χ3n) is 3.15. The standard InChI is InChI=1S/C14H16BrFN2S/c1-8-9(2)19-14(18-8)7-13(17-3)10-4-5-11(15)12(16)6-10/h4-6,13,17H,7H2,1-3H3. The summed E-state index contributed by atoms with van der Waals surface area (Å²) in [7, 11) is 1.89. The van der Waals surface area contributed by atoms with Gasteiger partial charge in [-0.2, -0.15) is 0 Å². The maximum Gasteiger partial charge on any atom is 0.137 e. The average molecular weight is 343 g/mol. The predicted molar refractivity (Wildman–Crippen MR) is 81.2 cm³/mol. The minimum absolute atomic E-state index is 0.0764. The first kappa shape index (κ1) is 14.6. The fourth-order valence-corrected chi connectivity index (χ4v) is 3.14. The summed E-state index contributed by atoms with van der Waals surface area (Å²) in [4.78, 5) is 5.78. The largest absolute Gasteiger partial charge is 0.313 e. The van der Waals surface area contributed by atoms with Crippen molar-refractivity contribution in [2.45, 2.75) is 26.3 Å². The number of halogens is 2. The van der Waals surface area contributed by atoms with E-state index in [1.807, 2.05) is 20.0 Å². The molecule has 2 aromatic rings. The van der Waals surface area contributed by atoms with Crippen LogP contribution in [0.4, 0.5) is 4.39 Å². The van der Waals surface area contributed by atoms with Gasteiger partial charge in [0.15, 0.2) is 0 Å². The van der Waals surface area contributed by atoms with E-state index < -0.39 is 0 Å². The molecule has 0 aliphatic heterocycles. The van der Waals surface area contributed by atoms with Gasteiger partial charge in [-0.25, -0.2) is 9.37 Å². The highest BCUT2D eigenvalue weighted by Gasteiger charge is 2.15. The number of nitrogens with zero attached hydrogens (tertiary/aromatic N) is 1. The minimum Gasteiger partial charge on any atom is -0.313 e. The Kier molecular flexibility index (Phi) is 4.71. The molecule has 1 aromatic heterocycles. The number of hydrogen-bond donors (Lipinski definition) is 1. The Morgan fingerprint density at radius 2 is 2.16 bits per heavy atom. The van der Waals surface area contributed by atoms with Gasteiger partial charge in [0, 0.05) is 17.3 Å². The van der Waals surface area contributed by atoms with E-state index in [1.165, 1.54) is 4.88 Å². The first-order valence-corrected chi connectivity index (χ1v) is 7.67. The van der Waals surface area contributed by atoms with Crippen molar-refractivity contribution in [2.75, 3.05) is 7.05 Å². The summed E-state index contributed by atoms with van der Waals surface area (Å²) in [5.41, 5.74) is 2.02. The summed E-state index contributed by atoms with van der Waals surface area (Å²) >= 11 is 4.88. The van der Waals surface area contributed by atoms with Crippen molar-refractivity contribution in [1.82, 2.24) is 10.3 Å². The Bertz CT molecular complexity index is 563. The number of aromatic nitrogens is 1. The maximum atomic E-state index is 13.6. The molecule has 102 valence electrons. The predicted octanol–water partition coefficient (Wildman–Crippen LogP) is 4.16. The van der Waals surface area contributed by atoms with Crippen molar-refractivity contribution < 1.29 is 4.39 Å². The zero-order valence-corrected chi connectivity index (χ0v) is 13.5. The smallest absolute Gasteiger partial charge is 0.137 e. The molecule has 1 aromatic carbocycles. The lowest BCUT2D eigenvalue weighted by atomic mass is 10.0. The van der Waals surface area contributed by atoms with Crippen LogP contribution in [-0.2, 0) is 6.42 Å². The molecule has 5 heteroatoms. The summed E-state index contributed by atoms with van der Waals surface area (Å²) in [5, 5.41) is 4.31. The number of thiazole rings is 1.